The number of hydrogen-bond acceptors (Lipinski definition) is 4. The molecule has 34 heavy (non-hydrogen) atoms. The maximum atomic E-state index is 13.4. The van der Waals surface area contributed by atoms with E-state index in [0.717, 1.165) is 16.5 Å². The Hall–Kier alpha value is -4.01. The maximum Gasteiger partial charge on any atom is 0.253 e. The molecular formula is C25H26FN5O3. The van der Waals surface area contributed by atoms with Crippen LogP contribution in [0.3, 0.4) is 0 Å². The lowest BCUT2D eigenvalue weighted by molar-refractivity contribution is -0.130. The van der Waals surface area contributed by atoms with Gasteiger partial charge in [0.15, 0.2) is 0 Å². The zero-order chi connectivity index (χ0) is 24.6. The van der Waals surface area contributed by atoms with Gasteiger partial charge in [0, 0.05) is 56.3 Å². The highest BCUT2D eigenvalue weighted by Gasteiger charge is 2.31. The molecule has 8 nitrogen and oxygen atoms in total. The summed E-state index contributed by atoms with van der Waals surface area (Å²) in [6.45, 7) is 1.96. The number of fused-ring (bicyclic) bond motifs is 1. The Morgan fingerprint density at radius 2 is 1.91 bits per heavy atom. The molecule has 3 aromatic rings. The van der Waals surface area contributed by atoms with Gasteiger partial charge < -0.3 is 15.1 Å². The standard InChI is InChI=1S/C25H26FN5O3/c1-15-9-17-12-27-31(14-24(33)29(2)3)22(17)11-21(15)28-25(34)20-13-30(4)23(32)10-19(20)16-5-7-18(26)8-6-16/h5-9,11-13,19H,10,14H2,1-4H3,(H,28,34)/t19-/m0/s1. The van der Waals surface area contributed by atoms with Gasteiger partial charge in [0.05, 0.1) is 11.7 Å². The minimum atomic E-state index is -0.489. The number of anilines is 1. The van der Waals surface area contributed by atoms with Crippen molar-refractivity contribution in [1.82, 2.24) is 19.6 Å². The van der Waals surface area contributed by atoms with E-state index in [0.29, 0.717) is 16.8 Å². The number of rotatable bonds is 5. The van der Waals surface area contributed by atoms with E-state index >= 15 is 0 Å². The van der Waals surface area contributed by atoms with Gasteiger partial charge in [-0.1, -0.05) is 12.1 Å². The number of likely N-dealkylation sites (N-methyl/N-ethyl adjacent to an activating group) is 1. The second-order valence-corrected chi connectivity index (χ2v) is 8.67. The maximum absolute atomic E-state index is 13.4. The normalized spacial score (nSPS) is 15.9. The van der Waals surface area contributed by atoms with Gasteiger partial charge in [0.1, 0.15) is 12.4 Å². The summed E-state index contributed by atoms with van der Waals surface area (Å²) in [6, 6.07) is 9.53. The molecular weight excluding hydrogens is 437 g/mol. The molecule has 9 heteroatoms. The number of nitrogens with zero attached hydrogens (tertiary/aromatic N) is 4. The van der Waals surface area contributed by atoms with Crippen molar-refractivity contribution < 1.29 is 18.8 Å². The monoisotopic (exact) mass is 463 g/mol. The van der Waals surface area contributed by atoms with Crippen LogP contribution >= 0.6 is 0 Å². The van der Waals surface area contributed by atoms with Crippen molar-refractivity contribution in [2.24, 2.45) is 0 Å². The fourth-order valence-electron chi connectivity index (χ4n) is 3.97. The fourth-order valence-corrected chi connectivity index (χ4v) is 3.97. The molecule has 1 atom stereocenters. The molecule has 4 rings (SSSR count). The molecule has 176 valence electrons. The van der Waals surface area contributed by atoms with Crippen LogP contribution in [0.25, 0.3) is 10.9 Å². The largest absolute Gasteiger partial charge is 0.347 e. The summed E-state index contributed by atoms with van der Waals surface area (Å²) in [4.78, 5) is 40.8. The third-order valence-electron chi connectivity index (χ3n) is 6.03. The highest BCUT2D eigenvalue weighted by Crippen LogP contribution is 2.34. The fraction of sp³-hybridized carbons (Fsp3) is 0.280. The molecule has 0 bridgehead atoms. The molecule has 0 fully saturated rings. The topological polar surface area (TPSA) is 87.5 Å². The van der Waals surface area contributed by atoms with E-state index in [4.69, 9.17) is 0 Å². The summed E-state index contributed by atoms with van der Waals surface area (Å²) in [7, 11) is 4.97. The number of halogens is 1. The molecule has 2 aromatic carbocycles. The zero-order valence-electron chi connectivity index (χ0n) is 19.5. The molecule has 0 aliphatic carbocycles. The van der Waals surface area contributed by atoms with Gasteiger partial charge >= 0.3 is 0 Å². The van der Waals surface area contributed by atoms with E-state index < -0.39 is 5.92 Å². The van der Waals surface area contributed by atoms with E-state index in [2.05, 4.69) is 10.4 Å². The van der Waals surface area contributed by atoms with Gasteiger partial charge in [-0.3, -0.25) is 19.1 Å². The Bertz CT molecular complexity index is 1310. The SMILES string of the molecule is Cc1cc2cnn(CC(=O)N(C)C)c2cc1NC(=O)C1=CN(C)C(=O)C[C@H]1c1ccc(F)cc1. The Morgan fingerprint density at radius 3 is 2.59 bits per heavy atom. The van der Waals surface area contributed by atoms with Gasteiger partial charge in [-0.2, -0.15) is 5.10 Å². The molecule has 1 N–H and O–H groups in total. The molecule has 1 aliphatic heterocycles. The van der Waals surface area contributed by atoms with Crippen molar-refractivity contribution in [3.63, 3.8) is 0 Å². The van der Waals surface area contributed by atoms with Gasteiger partial charge in [-0.15, -0.1) is 0 Å². The zero-order valence-corrected chi connectivity index (χ0v) is 19.5. The van der Waals surface area contributed by atoms with Crippen LogP contribution in [0.4, 0.5) is 10.1 Å². The van der Waals surface area contributed by atoms with E-state index in [1.54, 1.807) is 50.2 Å². The molecule has 1 aromatic heterocycles. The van der Waals surface area contributed by atoms with Crippen molar-refractivity contribution in [1.29, 1.82) is 0 Å². The second-order valence-electron chi connectivity index (χ2n) is 8.67. The summed E-state index contributed by atoms with van der Waals surface area (Å²) < 4.78 is 15.0. The lowest BCUT2D eigenvalue weighted by atomic mass is 9.85. The minimum absolute atomic E-state index is 0.0810. The average molecular weight is 464 g/mol. The van der Waals surface area contributed by atoms with Crippen LogP contribution in [-0.2, 0) is 20.9 Å². The predicted octanol–water partition coefficient (Wildman–Crippen LogP) is 3.04. The molecule has 2 heterocycles. The van der Waals surface area contributed by atoms with Gasteiger partial charge in [0.2, 0.25) is 11.8 Å². The van der Waals surface area contributed by atoms with Crippen LogP contribution in [-0.4, -0.2) is 58.4 Å². The predicted molar refractivity (Wildman–Crippen MR) is 126 cm³/mol. The smallest absolute Gasteiger partial charge is 0.253 e. The van der Waals surface area contributed by atoms with Crippen molar-refractivity contribution in [2.45, 2.75) is 25.8 Å². The summed E-state index contributed by atoms with van der Waals surface area (Å²) in [5.41, 5.74) is 3.23. The van der Waals surface area contributed by atoms with Crippen molar-refractivity contribution in [3.8, 4) is 0 Å². The molecule has 0 unspecified atom stereocenters. The average Bonchev–Trinajstić information content (AvgIpc) is 3.17. The summed E-state index contributed by atoms with van der Waals surface area (Å²) in [5, 5.41) is 8.13. The number of aryl methyl sites for hydroxylation is 1. The number of carbonyl (C=O) groups excluding carboxylic acids is 3. The van der Waals surface area contributed by atoms with E-state index in [1.165, 1.54) is 28.1 Å². The molecule has 0 spiro atoms. The van der Waals surface area contributed by atoms with E-state index in [1.807, 2.05) is 13.0 Å². The molecule has 0 radical (unpaired) electrons. The first-order valence-electron chi connectivity index (χ1n) is 10.8. The lowest BCUT2D eigenvalue weighted by Gasteiger charge is -2.28. The lowest BCUT2D eigenvalue weighted by Crippen LogP contribution is -2.33. The number of aromatic nitrogens is 2. The third kappa shape index (κ3) is 4.54. The third-order valence-corrected chi connectivity index (χ3v) is 6.03. The molecule has 0 saturated heterocycles. The van der Waals surface area contributed by atoms with Gasteiger partial charge in [-0.05, 0) is 42.3 Å². The molecule has 1 aliphatic rings. The quantitative estimate of drug-likeness (QED) is 0.630. The van der Waals surface area contributed by atoms with Crippen LogP contribution < -0.4 is 5.32 Å². The van der Waals surface area contributed by atoms with Crippen molar-refractivity contribution in [2.75, 3.05) is 26.5 Å². The van der Waals surface area contributed by atoms with Crippen LogP contribution in [0.5, 0.6) is 0 Å². The Kier molecular flexibility index (Phi) is 6.19. The number of benzene rings is 2. The number of amides is 3. The Balaban J connectivity index is 1.66. The van der Waals surface area contributed by atoms with Crippen molar-refractivity contribution in [3.05, 3.63) is 71.3 Å². The first-order valence-corrected chi connectivity index (χ1v) is 10.8. The highest BCUT2D eigenvalue weighted by molar-refractivity contribution is 6.07. The summed E-state index contributed by atoms with van der Waals surface area (Å²) in [6.07, 6.45) is 3.33. The molecule has 3 amide bonds. The van der Waals surface area contributed by atoms with Crippen LogP contribution in [0, 0.1) is 12.7 Å². The second kappa shape index (κ2) is 9.09. The first-order chi connectivity index (χ1) is 16.1. The minimum Gasteiger partial charge on any atom is -0.347 e. The van der Waals surface area contributed by atoms with E-state index in [-0.39, 0.29) is 36.5 Å². The Morgan fingerprint density at radius 1 is 1.21 bits per heavy atom. The van der Waals surface area contributed by atoms with Gasteiger partial charge in [-0.25, -0.2) is 4.39 Å². The van der Waals surface area contributed by atoms with Crippen molar-refractivity contribution >= 4 is 34.3 Å². The highest BCUT2D eigenvalue weighted by atomic mass is 19.1. The number of nitrogens with one attached hydrogen (secondary N) is 1. The summed E-state index contributed by atoms with van der Waals surface area (Å²) >= 11 is 0. The van der Waals surface area contributed by atoms with Crippen LogP contribution in [0.15, 0.2) is 54.4 Å². The van der Waals surface area contributed by atoms with Crippen LogP contribution in [0.2, 0.25) is 0 Å². The number of carbonyl (C=O) groups is 3. The number of hydrogen-bond donors (Lipinski definition) is 1. The van der Waals surface area contributed by atoms with Gasteiger partial charge in [0.25, 0.3) is 5.91 Å². The summed E-state index contributed by atoms with van der Waals surface area (Å²) in [5.74, 6) is -1.45. The molecule has 0 saturated carbocycles. The van der Waals surface area contributed by atoms with E-state index in [9.17, 15) is 18.8 Å². The van der Waals surface area contributed by atoms with Crippen LogP contribution in [0.1, 0.15) is 23.5 Å². The first kappa shape index (κ1) is 23.2. The Labute approximate surface area is 196 Å².